The lowest BCUT2D eigenvalue weighted by Gasteiger charge is -2.12. The summed E-state index contributed by atoms with van der Waals surface area (Å²) in [6.07, 6.45) is -5.00. The van der Waals surface area contributed by atoms with Crippen LogP contribution in [0, 0.1) is 5.82 Å². The molecule has 0 atom stereocenters. The van der Waals surface area contributed by atoms with Crippen molar-refractivity contribution in [2.24, 2.45) is 0 Å². The Bertz CT molecular complexity index is 905. The molecular weight excluding hydrogens is 405 g/mol. The predicted octanol–water partition coefficient (Wildman–Crippen LogP) is 2.59. The summed E-state index contributed by atoms with van der Waals surface area (Å²) >= 11 is 0.0480. The first-order chi connectivity index (χ1) is 11.2. The van der Waals surface area contributed by atoms with Crippen molar-refractivity contribution >= 4 is 21.6 Å². The van der Waals surface area contributed by atoms with E-state index in [4.69, 9.17) is 5.84 Å². The van der Waals surface area contributed by atoms with Gasteiger partial charge in [-0.15, -0.1) is 10.2 Å². The Kier molecular flexibility index (Phi) is 4.67. The van der Waals surface area contributed by atoms with E-state index >= 15 is 0 Å². The van der Waals surface area contributed by atoms with E-state index in [-0.39, 0.29) is 22.5 Å². The molecule has 15 heteroatoms. The van der Waals surface area contributed by atoms with Crippen LogP contribution >= 0.6 is 11.8 Å². The fourth-order valence-electron chi connectivity index (χ4n) is 1.54. The Hall–Kier alpha value is -2.03. The Morgan fingerprint density at radius 3 is 2.16 bits per heavy atom. The van der Waals surface area contributed by atoms with Gasteiger partial charge in [-0.1, -0.05) is 0 Å². The van der Waals surface area contributed by atoms with E-state index in [1.807, 2.05) is 0 Å². The Balaban J connectivity index is 2.55. The molecule has 0 saturated heterocycles. The van der Waals surface area contributed by atoms with Gasteiger partial charge in [-0.25, -0.2) is 17.5 Å². The lowest BCUT2D eigenvalue weighted by Crippen LogP contribution is -2.24. The number of rotatable bonds is 3. The molecule has 0 fully saturated rings. The number of aromatic nitrogens is 3. The van der Waals surface area contributed by atoms with Gasteiger partial charge in [0.15, 0.2) is 0 Å². The largest absolute Gasteiger partial charge is 0.501 e. The normalized spacial score (nSPS) is 13.2. The molecule has 6 nitrogen and oxygen atoms in total. The maximum atomic E-state index is 13.2. The fraction of sp³-hybridized carbons (Fsp3) is 0.200. The van der Waals surface area contributed by atoms with Gasteiger partial charge in [0, 0.05) is 4.90 Å². The third-order valence-corrected chi connectivity index (χ3v) is 5.31. The van der Waals surface area contributed by atoms with Crippen molar-refractivity contribution < 1.29 is 39.2 Å². The third kappa shape index (κ3) is 3.65. The first-order valence-electron chi connectivity index (χ1n) is 5.81. The molecule has 0 bridgehead atoms. The molecule has 2 rings (SSSR count). The van der Waals surface area contributed by atoms with Crippen LogP contribution < -0.4 is 5.84 Å². The monoisotopic (exact) mass is 410 g/mol. The van der Waals surface area contributed by atoms with Crippen molar-refractivity contribution in [2.75, 3.05) is 5.84 Å². The van der Waals surface area contributed by atoms with Crippen LogP contribution in [0.15, 0.2) is 33.1 Å². The molecule has 0 aliphatic carbocycles. The molecule has 1 aromatic heterocycles. The van der Waals surface area contributed by atoms with Gasteiger partial charge in [0.25, 0.3) is 15.7 Å². The predicted molar refractivity (Wildman–Crippen MR) is 68.9 cm³/mol. The topological polar surface area (TPSA) is 90.9 Å². The zero-order chi connectivity index (χ0) is 19.2. The van der Waals surface area contributed by atoms with Gasteiger partial charge in [-0.3, -0.25) is 0 Å². The summed E-state index contributed by atoms with van der Waals surface area (Å²) in [7, 11) is -5.97. The summed E-state index contributed by atoms with van der Waals surface area (Å²) in [5.41, 5.74) is -5.75. The summed E-state index contributed by atoms with van der Waals surface area (Å²) in [5.74, 6) is 2.17. The van der Waals surface area contributed by atoms with E-state index in [9.17, 15) is 39.2 Å². The minimum Gasteiger partial charge on any atom is -0.335 e. The highest BCUT2D eigenvalue weighted by atomic mass is 32.2. The van der Waals surface area contributed by atoms with Crippen molar-refractivity contribution in [3.8, 4) is 0 Å². The second-order valence-electron chi connectivity index (χ2n) is 4.32. The van der Waals surface area contributed by atoms with Gasteiger partial charge in [0.1, 0.15) is 5.82 Å². The molecule has 2 N–H and O–H groups in total. The number of sulfone groups is 1. The average Bonchev–Trinajstić information content (AvgIpc) is 2.80. The highest BCUT2D eigenvalue weighted by Gasteiger charge is 2.48. The Labute approximate surface area is 138 Å². The standard InChI is InChI=1S/C10H5F7N4O2S2/c11-4-1-2-5(6(3-4)25(22,23)10(15,16)17)24-8-20-19-7(21(8)18)9(12,13)14/h1-3H,18H2. The van der Waals surface area contributed by atoms with E-state index in [1.165, 1.54) is 0 Å². The number of benzene rings is 1. The number of alkyl halides is 6. The molecule has 1 aromatic carbocycles. The molecule has 0 radical (unpaired) electrons. The second-order valence-corrected chi connectivity index (χ2v) is 7.23. The SMILES string of the molecule is Nn1c(Sc2ccc(F)cc2S(=O)(=O)C(F)(F)F)nnc1C(F)(F)F. The van der Waals surface area contributed by atoms with Crippen LogP contribution in [0.5, 0.6) is 0 Å². The quantitative estimate of drug-likeness (QED) is 0.618. The maximum absolute atomic E-state index is 13.2. The number of hydrogen-bond acceptors (Lipinski definition) is 6. The van der Waals surface area contributed by atoms with Crippen LogP contribution in [0.3, 0.4) is 0 Å². The van der Waals surface area contributed by atoms with E-state index in [0.29, 0.717) is 12.1 Å². The fourth-order valence-corrected chi connectivity index (χ4v) is 3.60. The zero-order valence-corrected chi connectivity index (χ0v) is 13.1. The van der Waals surface area contributed by atoms with Gasteiger partial charge in [-0.05, 0) is 30.0 Å². The second kappa shape index (κ2) is 6.05. The van der Waals surface area contributed by atoms with Gasteiger partial charge in [0.05, 0.1) is 4.90 Å². The summed E-state index contributed by atoms with van der Waals surface area (Å²) < 4.78 is 112. The van der Waals surface area contributed by atoms with Crippen LogP contribution in [0.4, 0.5) is 30.7 Å². The molecule has 0 aliphatic heterocycles. The third-order valence-electron chi connectivity index (χ3n) is 2.62. The van der Waals surface area contributed by atoms with Crippen molar-refractivity contribution in [3.05, 3.63) is 29.8 Å². The molecule has 0 spiro atoms. The molecular formula is C10H5F7N4O2S2. The van der Waals surface area contributed by atoms with Crippen LogP contribution in [-0.2, 0) is 16.0 Å². The summed E-state index contributed by atoms with van der Waals surface area (Å²) in [5, 5.41) is 5.03. The van der Waals surface area contributed by atoms with E-state index in [2.05, 4.69) is 10.2 Å². The molecule has 0 aliphatic rings. The summed E-state index contributed by atoms with van der Waals surface area (Å²) in [6, 6.07) is 1.35. The minimum absolute atomic E-state index is 0.0480. The van der Waals surface area contributed by atoms with Crippen LogP contribution in [0.25, 0.3) is 0 Å². The van der Waals surface area contributed by atoms with Crippen molar-refractivity contribution in [2.45, 2.75) is 26.6 Å². The summed E-state index contributed by atoms with van der Waals surface area (Å²) in [4.78, 5) is -2.21. The highest BCUT2D eigenvalue weighted by molar-refractivity contribution is 8.00. The number of hydrogen-bond donors (Lipinski definition) is 1. The van der Waals surface area contributed by atoms with E-state index in [1.54, 1.807) is 0 Å². The highest BCUT2D eigenvalue weighted by Crippen LogP contribution is 2.39. The Morgan fingerprint density at radius 2 is 1.68 bits per heavy atom. The van der Waals surface area contributed by atoms with Crippen LogP contribution in [0.2, 0.25) is 0 Å². The molecule has 0 amide bonds. The lowest BCUT2D eigenvalue weighted by molar-refractivity contribution is -0.146. The number of nitrogen functional groups attached to an aromatic ring is 1. The van der Waals surface area contributed by atoms with Crippen molar-refractivity contribution in [1.82, 2.24) is 14.9 Å². The lowest BCUT2D eigenvalue weighted by atomic mass is 10.3. The van der Waals surface area contributed by atoms with Crippen LogP contribution in [-0.4, -0.2) is 28.8 Å². The molecule has 25 heavy (non-hydrogen) atoms. The van der Waals surface area contributed by atoms with Gasteiger partial charge in [0.2, 0.25) is 5.16 Å². The van der Waals surface area contributed by atoms with E-state index < -0.39 is 48.1 Å². The number of nitrogens with two attached hydrogens (primary N) is 1. The van der Waals surface area contributed by atoms with Gasteiger partial charge >= 0.3 is 11.7 Å². The average molecular weight is 410 g/mol. The van der Waals surface area contributed by atoms with Gasteiger partial charge in [-0.2, -0.15) is 26.3 Å². The molecule has 138 valence electrons. The molecule has 1 heterocycles. The van der Waals surface area contributed by atoms with Crippen LogP contribution in [0.1, 0.15) is 5.82 Å². The van der Waals surface area contributed by atoms with Crippen molar-refractivity contribution in [1.29, 1.82) is 0 Å². The summed E-state index contributed by atoms with van der Waals surface area (Å²) in [6.45, 7) is 0. The Morgan fingerprint density at radius 1 is 1.08 bits per heavy atom. The molecule has 2 aromatic rings. The van der Waals surface area contributed by atoms with Gasteiger partial charge < -0.3 is 5.84 Å². The number of nitrogens with zero attached hydrogens (tertiary/aromatic N) is 3. The maximum Gasteiger partial charge on any atom is 0.501 e. The molecule has 0 unspecified atom stereocenters. The smallest absolute Gasteiger partial charge is 0.335 e. The number of halogens is 7. The minimum atomic E-state index is -5.97. The first-order valence-corrected chi connectivity index (χ1v) is 8.11. The van der Waals surface area contributed by atoms with Crippen molar-refractivity contribution in [3.63, 3.8) is 0 Å². The van der Waals surface area contributed by atoms with E-state index in [0.717, 1.165) is 0 Å². The molecule has 0 saturated carbocycles. The first kappa shape index (κ1) is 19.3. The zero-order valence-electron chi connectivity index (χ0n) is 11.4.